The Kier molecular flexibility index (Phi) is 4.83. The summed E-state index contributed by atoms with van der Waals surface area (Å²) >= 11 is 0. The zero-order chi connectivity index (χ0) is 17.0. The Balaban J connectivity index is 2.09. The van der Waals surface area contributed by atoms with Crippen LogP contribution in [0.25, 0.3) is 0 Å². The largest absolute Gasteiger partial charge is 0.444 e. The fourth-order valence-electron chi connectivity index (χ4n) is 1.85. The second kappa shape index (κ2) is 6.64. The van der Waals surface area contributed by atoms with Crippen molar-refractivity contribution in [2.75, 3.05) is 10.6 Å². The summed E-state index contributed by atoms with van der Waals surface area (Å²) in [5, 5.41) is 13.4. The molecule has 0 aliphatic heterocycles. The first-order valence-electron chi connectivity index (χ1n) is 7.11. The highest BCUT2D eigenvalue weighted by atomic mass is 19.1. The summed E-state index contributed by atoms with van der Waals surface area (Å²) in [7, 11) is 1.76. The number of nitrogens with one attached hydrogen (secondary N) is 2. The minimum Gasteiger partial charge on any atom is -0.444 e. The van der Waals surface area contributed by atoms with Gasteiger partial charge in [0.2, 0.25) is 0 Å². The second-order valence-corrected chi connectivity index (χ2v) is 6.05. The molecule has 2 aromatic rings. The first-order chi connectivity index (χ1) is 10.7. The topological polar surface area (TPSA) is 81.1 Å². The number of aromatic nitrogens is 3. The predicted octanol–water partition coefficient (Wildman–Crippen LogP) is 2.91. The molecular weight excluding hydrogens is 301 g/mol. The van der Waals surface area contributed by atoms with Crippen molar-refractivity contribution in [3.05, 3.63) is 35.9 Å². The summed E-state index contributed by atoms with van der Waals surface area (Å²) in [6, 6.07) is 4.03. The third kappa shape index (κ3) is 5.24. The SMILES string of the molecule is Cn1cc(CNc2cc(F)ccc2NC(=O)OC(C)(C)C)nn1. The predicted molar refractivity (Wildman–Crippen MR) is 84.6 cm³/mol. The van der Waals surface area contributed by atoms with Gasteiger partial charge in [0.25, 0.3) is 0 Å². The molecule has 0 bridgehead atoms. The Labute approximate surface area is 133 Å². The van der Waals surface area contributed by atoms with E-state index in [0.29, 0.717) is 23.6 Å². The third-order valence-corrected chi connectivity index (χ3v) is 2.73. The van der Waals surface area contributed by atoms with Crippen LogP contribution in [0, 0.1) is 5.82 Å². The number of aryl methyl sites for hydroxylation is 1. The molecule has 0 saturated carbocycles. The normalized spacial score (nSPS) is 11.2. The van der Waals surface area contributed by atoms with Gasteiger partial charge in [-0.1, -0.05) is 5.21 Å². The second-order valence-electron chi connectivity index (χ2n) is 6.05. The van der Waals surface area contributed by atoms with Gasteiger partial charge in [-0.2, -0.15) is 0 Å². The summed E-state index contributed by atoms with van der Waals surface area (Å²) < 4.78 is 20.2. The molecule has 0 radical (unpaired) electrons. The average molecular weight is 321 g/mol. The van der Waals surface area contributed by atoms with Gasteiger partial charge in [0.15, 0.2) is 0 Å². The molecule has 1 amide bonds. The van der Waals surface area contributed by atoms with Gasteiger partial charge in [0.05, 0.1) is 17.9 Å². The molecule has 23 heavy (non-hydrogen) atoms. The molecule has 0 fully saturated rings. The van der Waals surface area contributed by atoms with Crippen LogP contribution in [0.1, 0.15) is 26.5 Å². The minimum absolute atomic E-state index is 0.348. The zero-order valence-corrected chi connectivity index (χ0v) is 13.6. The summed E-state index contributed by atoms with van der Waals surface area (Å²) in [5.74, 6) is -0.415. The third-order valence-electron chi connectivity index (χ3n) is 2.73. The van der Waals surface area contributed by atoms with Crippen LogP contribution in [0.4, 0.5) is 20.6 Å². The lowest BCUT2D eigenvalue weighted by molar-refractivity contribution is 0.0636. The van der Waals surface area contributed by atoms with Crippen LogP contribution in [0.5, 0.6) is 0 Å². The quantitative estimate of drug-likeness (QED) is 0.905. The Bertz CT molecular complexity index is 693. The fourth-order valence-corrected chi connectivity index (χ4v) is 1.85. The number of halogens is 1. The molecule has 1 aromatic heterocycles. The maximum Gasteiger partial charge on any atom is 0.412 e. The van der Waals surface area contributed by atoms with Gasteiger partial charge < -0.3 is 10.1 Å². The lowest BCUT2D eigenvalue weighted by Gasteiger charge is -2.20. The fraction of sp³-hybridized carbons (Fsp3) is 0.400. The monoisotopic (exact) mass is 321 g/mol. The average Bonchev–Trinajstić information content (AvgIpc) is 2.82. The standard InChI is InChI=1S/C15H20FN5O2/c1-15(2,3)23-14(22)18-12-6-5-10(16)7-13(12)17-8-11-9-21(4)20-19-11/h5-7,9,17H,8H2,1-4H3,(H,18,22). The van der Waals surface area contributed by atoms with Crippen LogP contribution < -0.4 is 10.6 Å². The Morgan fingerprint density at radius 2 is 2.09 bits per heavy atom. The number of benzene rings is 1. The molecule has 2 rings (SSSR count). The van der Waals surface area contributed by atoms with Crippen LogP contribution in [-0.4, -0.2) is 26.7 Å². The van der Waals surface area contributed by atoms with Crippen molar-refractivity contribution in [2.24, 2.45) is 7.05 Å². The molecule has 0 aliphatic carbocycles. The number of hydrogen-bond acceptors (Lipinski definition) is 5. The van der Waals surface area contributed by atoms with Crippen molar-refractivity contribution in [3.8, 4) is 0 Å². The molecule has 1 aromatic carbocycles. The van der Waals surface area contributed by atoms with E-state index in [1.54, 1.807) is 38.7 Å². The smallest absolute Gasteiger partial charge is 0.412 e. The van der Waals surface area contributed by atoms with E-state index >= 15 is 0 Å². The van der Waals surface area contributed by atoms with Gasteiger partial charge in [0.1, 0.15) is 17.1 Å². The molecule has 1 heterocycles. The van der Waals surface area contributed by atoms with E-state index in [2.05, 4.69) is 20.9 Å². The van der Waals surface area contributed by atoms with Crippen molar-refractivity contribution < 1.29 is 13.9 Å². The number of anilines is 2. The highest BCUT2D eigenvalue weighted by Gasteiger charge is 2.17. The number of rotatable bonds is 4. The van der Waals surface area contributed by atoms with E-state index in [1.807, 2.05) is 0 Å². The van der Waals surface area contributed by atoms with Gasteiger partial charge in [-0.15, -0.1) is 5.10 Å². The molecule has 0 saturated heterocycles. The van der Waals surface area contributed by atoms with Crippen molar-refractivity contribution >= 4 is 17.5 Å². The Morgan fingerprint density at radius 3 is 2.70 bits per heavy atom. The highest BCUT2D eigenvalue weighted by Crippen LogP contribution is 2.24. The number of nitrogens with zero attached hydrogens (tertiary/aromatic N) is 3. The number of amides is 1. The van der Waals surface area contributed by atoms with Crippen LogP contribution in [0.3, 0.4) is 0 Å². The van der Waals surface area contributed by atoms with Gasteiger partial charge >= 0.3 is 6.09 Å². The molecule has 2 N–H and O–H groups in total. The summed E-state index contributed by atoms with van der Waals surface area (Å²) in [4.78, 5) is 11.9. The summed E-state index contributed by atoms with van der Waals surface area (Å²) in [5.41, 5.74) is 0.933. The summed E-state index contributed by atoms with van der Waals surface area (Å²) in [6.45, 7) is 5.65. The highest BCUT2D eigenvalue weighted by molar-refractivity contribution is 5.89. The maximum atomic E-state index is 13.5. The van der Waals surface area contributed by atoms with Crippen LogP contribution >= 0.6 is 0 Å². The Hall–Kier alpha value is -2.64. The van der Waals surface area contributed by atoms with Crippen molar-refractivity contribution in [2.45, 2.75) is 32.9 Å². The number of carbonyl (C=O) groups excluding carboxylic acids is 1. The first kappa shape index (κ1) is 16.7. The number of carbonyl (C=O) groups is 1. The summed E-state index contributed by atoms with van der Waals surface area (Å²) in [6.07, 6.45) is 1.14. The van der Waals surface area contributed by atoms with Gasteiger partial charge in [-0.3, -0.25) is 10.00 Å². The van der Waals surface area contributed by atoms with Gasteiger partial charge in [-0.05, 0) is 39.0 Å². The lowest BCUT2D eigenvalue weighted by atomic mass is 10.2. The molecule has 0 aliphatic rings. The van der Waals surface area contributed by atoms with Crippen LogP contribution in [0.2, 0.25) is 0 Å². The Morgan fingerprint density at radius 1 is 1.35 bits per heavy atom. The molecule has 0 atom stereocenters. The molecule has 0 spiro atoms. The van der Waals surface area contributed by atoms with Gasteiger partial charge in [0, 0.05) is 13.2 Å². The number of ether oxygens (including phenoxy) is 1. The molecule has 8 heteroatoms. The van der Waals surface area contributed by atoms with E-state index < -0.39 is 17.5 Å². The van der Waals surface area contributed by atoms with E-state index in [9.17, 15) is 9.18 Å². The van der Waals surface area contributed by atoms with Crippen molar-refractivity contribution in [1.82, 2.24) is 15.0 Å². The van der Waals surface area contributed by atoms with Crippen molar-refractivity contribution in [1.29, 1.82) is 0 Å². The lowest BCUT2D eigenvalue weighted by Crippen LogP contribution is -2.27. The molecular formula is C15H20FN5O2. The van der Waals surface area contributed by atoms with Crippen LogP contribution in [-0.2, 0) is 18.3 Å². The van der Waals surface area contributed by atoms with E-state index in [0.717, 1.165) is 0 Å². The van der Waals surface area contributed by atoms with E-state index in [-0.39, 0.29) is 0 Å². The molecule has 7 nitrogen and oxygen atoms in total. The molecule has 0 unspecified atom stereocenters. The maximum absolute atomic E-state index is 13.5. The minimum atomic E-state index is -0.614. The van der Waals surface area contributed by atoms with Gasteiger partial charge in [-0.25, -0.2) is 9.18 Å². The zero-order valence-electron chi connectivity index (χ0n) is 13.6. The first-order valence-corrected chi connectivity index (χ1v) is 7.11. The van der Waals surface area contributed by atoms with E-state index in [4.69, 9.17) is 4.74 Å². The van der Waals surface area contributed by atoms with Crippen LogP contribution in [0.15, 0.2) is 24.4 Å². The van der Waals surface area contributed by atoms with E-state index in [1.165, 1.54) is 18.2 Å². The molecule has 124 valence electrons. The number of hydrogen-bond donors (Lipinski definition) is 2. The van der Waals surface area contributed by atoms with Crippen molar-refractivity contribution in [3.63, 3.8) is 0 Å².